The summed E-state index contributed by atoms with van der Waals surface area (Å²) < 4.78 is 9.91. The molecule has 1 aliphatic rings. The molecule has 8 heteroatoms. The lowest BCUT2D eigenvalue weighted by Crippen LogP contribution is -2.44. The van der Waals surface area contributed by atoms with E-state index in [4.69, 9.17) is 9.47 Å². The number of amides is 1. The molecule has 136 valence electrons. The van der Waals surface area contributed by atoms with E-state index in [0.717, 1.165) is 12.5 Å². The van der Waals surface area contributed by atoms with E-state index in [1.165, 1.54) is 19.2 Å². The van der Waals surface area contributed by atoms with E-state index in [-0.39, 0.29) is 29.5 Å². The molecule has 2 atom stereocenters. The maximum absolute atomic E-state index is 12.2. The molecule has 8 nitrogen and oxygen atoms in total. The fourth-order valence-electron chi connectivity index (χ4n) is 3.13. The monoisotopic (exact) mass is 350 g/mol. The molecule has 1 fully saturated rings. The highest BCUT2D eigenvalue weighted by Crippen LogP contribution is 2.27. The van der Waals surface area contributed by atoms with Crippen LogP contribution in [0.25, 0.3) is 0 Å². The van der Waals surface area contributed by atoms with E-state index in [9.17, 15) is 19.7 Å². The first-order valence-corrected chi connectivity index (χ1v) is 8.09. The number of ether oxygens (including phenoxy) is 2. The summed E-state index contributed by atoms with van der Waals surface area (Å²) in [7, 11) is 1.31. The number of esters is 1. The molecule has 0 aliphatic carbocycles. The molecule has 1 aromatic rings. The van der Waals surface area contributed by atoms with Crippen LogP contribution < -0.4 is 4.74 Å². The van der Waals surface area contributed by atoms with Gasteiger partial charge in [0.25, 0.3) is 5.91 Å². The molecule has 2 rings (SSSR count). The summed E-state index contributed by atoms with van der Waals surface area (Å²) in [6, 6.07) is 3.77. The predicted octanol–water partition coefficient (Wildman–Crippen LogP) is 2.26. The number of carbonyl (C=O) groups is 2. The molecule has 1 aliphatic heterocycles. The predicted molar refractivity (Wildman–Crippen MR) is 89.5 cm³/mol. The van der Waals surface area contributed by atoms with Crippen LogP contribution in [0.15, 0.2) is 18.2 Å². The standard InChI is InChI=1S/C17H22N2O6/c1-11-6-12(2)9-18(8-11)16(20)10-25-17(21)13-4-5-15(24-3)14(7-13)19(22)23/h4-5,7,11-12H,6,8-10H2,1-3H3. The molecule has 0 N–H and O–H groups in total. The first-order chi connectivity index (χ1) is 11.8. The number of likely N-dealkylation sites (tertiary alicyclic amines) is 1. The van der Waals surface area contributed by atoms with Gasteiger partial charge in [0.2, 0.25) is 0 Å². The van der Waals surface area contributed by atoms with Crippen molar-refractivity contribution in [3.8, 4) is 5.75 Å². The lowest BCUT2D eigenvalue weighted by Gasteiger charge is -2.34. The van der Waals surface area contributed by atoms with Crippen molar-refractivity contribution in [3.05, 3.63) is 33.9 Å². The van der Waals surface area contributed by atoms with Crippen LogP contribution in [0, 0.1) is 22.0 Å². The minimum Gasteiger partial charge on any atom is -0.490 e. The summed E-state index contributed by atoms with van der Waals surface area (Å²) in [4.78, 5) is 36.4. The number of nitrogens with zero attached hydrogens (tertiary/aromatic N) is 2. The van der Waals surface area contributed by atoms with E-state index >= 15 is 0 Å². The second-order valence-electron chi connectivity index (χ2n) is 6.46. The maximum Gasteiger partial charge on any atom is 0.338 e. The average Bonchev–Trinajstić information content (AvgIpc) is 2.57. The Morgan fingerprint density at radius 3 is 2.48 bits per heavy atom. The Morgan fingerprint density at radius 2 is 1.92 bits per heavy atom. The third-order valence-corrected chi connectivity index (χ3v) is 4.16. The molecular weight excluding hydrogens is 328 g/mol. The van der Waals surface area contributed by atoms with Crippen molar-refractivity contribution >= 4 is 17.6 Å². The van der Waals surface area contributed by atoms with Gasteiger partial charge in [0.1, 0.15) is 0 Å². The van der Waals surface area contributed by atoms with Crippen LogP contribution in [0.2, 0.25) is 0 Å². The highest BCUT2D eigenvalue weighted by Gasteiger charge is 2.26. The van der Waals surface area contributed by atoms with Crippen molar-refractivity contribution in [1.82, 2.24) is 4.90 Å². The number of nitro benzene ring substituents is 1. The Labute approximate surface area is 145 Å². The van der Waals surface area contributed by atoms with Gasteiger partial charge < -0.3 is 14.4 Å². The maximum atomic E-state index is 12.2. The summed E-state index contributed by atoms with van der Waals surface area (Å²) in [5, 5.41) is 11.0. The second kappa shape index (κ2) is 7.96. The third-order valence-electron chi connectivity index (χ3n) is 4.16. The summed E-state index contributed by atoms with van der Waals surface area (Å²) in [5.41, 5.74) is -0.331. The molecule has 0 spiro atoms. The number of carbonyl (C=O) groups excluding carboxylic acids is 2. The second-order valence-corrected chi connectivity index (χ2v) is 6.46. The van der Waals surface area contributed by atoms with Crippen LogP contribution in [-0.4, -0.2) is 48.5 Å². The van der Waals surface area contributed by atoms with Crippen LogP contribution in [0.1, 0.15) is 30.6 Å². The van der Waals surface area contributed by atoms with Gasteiger partial charge in [-0.25, -0.2) is 4.79 Å². The Hall–Kier alpha value is -2.64. The molecule has 1 heterocycles. The number of hydrogen-bond acceptors (Lipinski definition) is 6. The van der Waals surface area contributed by atoms with Gasteiger partial charge in [-0.2, -0.15) is 0 Å². The minimum absolute atomic E-state index is 0.000630. The lowest BCUT2D eigenvalue weighted by atomic mass is 9.92. The van der Waals surface area contributed by atoms with Gasteiger partial charge in [0, 0.05) is 19.2 Å². The summed E-state index contributed by atoms with van der Waals surface area (Å²) in [6.45, 7) is 5.08. The number of rotatable bonds is 5. The molecule has 0 bridgehead atoms. The van der Waals surface area contributed by atoms with Crippen molar-refractivity contribution < 1.29 is 24.0 Å². The van der Waals surface area contributed by atoms with Crippen LogP contribution in [-0.2, 0) is 9.53 Å². The van der Waals surface area contributed by atoms with Gasteiger partial charge >= 0.3 is 11.7 Å². The molecule has 25 heavy (non-hydrogen) atoms. The topological polar surface area (TPSA) is 99.0 Å². The van der Waals surface area contributed by atoms with Crippen molar-refractivity contribution in [3.63, 3.8) is 0 Å². The summed E-state index contributed by atoms with van der Waals surface area (Å²) in [6.07, 6.45) is 1.07. The highest BCUT2D eigenvalue weighted by atomic mass is 16.6. The van der Waals surface area contributed by atoms with E-state index in [1.54, 1.807) is 4.90 Å². The van der Waals surface area contributed by atoms with Gasteiger partial charge in [-0.3, -0.25) is 14.9 Å². The zero-order chi connectivity index (χ0) is 18.6. The fourth-order valence-corrected chi connectivity index (χ4v) is 3.13. The molecule has 1 aromatic carbocycles. The SMILES string of the molecule is COc1ccc(C(=O)OCC(=O)N2CC(C)CC(C)C2)cc1[N+](=O)[O-]. The number of nitro groups is 1. The minimum atomic E-state index is -0.780. The molecule has 0 aromatic heterocycles. The largest absolute Gasteiger partial charge is 0.490 e. The molecule has 0 saturated carbocycles. The highest BCUT2D eigenvalue weighted by molar-refractivity contribution is 5.92. The number of piperidine rings is 1. The average molecular weight is 350 g/mol. The Kier molecular flexibility index (Phi) is 5.95. The van der Waals surface area contributed by atoms with Crippen molar-refractivity contribution in [2.75, 3.05) is 26.8 Å². The van der Waals surface area contributed by atoms with Gasteiger partial charge in [0.15, 0.2) is 12.4 Å². The zero-order valence-electron chi connectivity index (χ0n) is 14.6. The Bertz CT molecular complexity index is 665. The van der Waals surface area contributed by atoms with Crippen LogP contribution in [0.5, 0.6) is 5.75 Å². The quantitative estimate of drug-likeness (QED) is 0.459. The van der Waals surface area contributed by atoms with E-state index in [1.807, 2.05) is 0 Å². The van der Waals surface area contributed by atoms with Crippen LogP contribution in [0.4, 0.5) is 5.69 Å². The van der Waals surface area contributed by atoms with Crippen LogP contribution in [0.3, 0.4) is 0 Å². The van der Waals surface area contributed by atoms with Gasteiger partial charge in [0.05, 0.1) is 17.6 Å². The van der Waals surface area contributed by atoms with E-state index < -0.39 is 10.9 Å². The van der Waals surface area contributed by atoms with Crippen molar-refractivity contribution in [1.29, 1.82) is 0 Å². The summed E-state index contributed by atoms with van der Waals surface area (Å²) >= 11 is 0. The first-order valence-electron chi connectivity index (χ1n) is 8.09. The van der Waals surface area contributed by atoms with Gasteiger partial charge in [-0.05, 0) is 30.4 Å². The van der Waals surface area contributed by atoms with E-state index in [2.05, 4.69) is 13.8 Å². The van der Waals surface area contributed by atoms with Crippen LogP contribution >= 0.6 is 0 Å². The van der Waals surface area contributed by atoms with Gasteiger partial charge in [-0.1, -0.05) is 13.8 Å². The first kappa shape index (κ1) is 18.7. The van der Waals surface area contributed by atoms with Crippen molar-refractivity contribution in [2.45, 2.75) is 20.3 Å². The zero-order valence-corrected chi connectivity index (χ0v) is 14.6. The number of methoxy groups -OCH3 is 1. The lowest BCUT2D eigenvalue weighted by molar-refractivity contribution is -0.385. The van der Waals surface area contributed by atoms with E-state index in [0.29, 0.717) is 24.9 Å². The molecule has 2 unspecified atom stereocenters. The molecule has 1 amide bonds. The van der Waals surface area contributed by atoms with Gasteiger partial charge in [-0.15, -0.1) is 0 Å². The number of hydrogen-bond donors (Lipinski definition) is 0. The molecular formula is C17H22N2O6. The molecule has 0 radical (unpaired) electrons. The Balaban J connectivity index is 1.99. The molecule has 1 saturated heterocycles. The number of benzene rings is 1. The third kappa shape index (κ3) is 4.68. The van der Waals surface area contributed by atoms with Crippen molar-refractivity contribution in [2.24, 2.45) is 11.8 Å². The summed E-state index contributed by atoms with van der Waals surface area (Å²) in [5.74, 6) is -0.166. The Morgan fingerprint density at radius 1 is 1.28 bits per heavy atom. The normalized spacial score (nSPS) is 20.0. The fraction of sp³-hybridized carbons (Fsp3) is 0.529. The smallest absolute Gasteiger partial charge is 0.338 e.